The number of thioether (sulfide) groups is 1. The van der Waals surface area contributed by atoms with Gasteiger partial charge in [0.25, 0.3) is 0 Å². The number of benzene rings is 2. The third kappa shape index (κ3) is 4.05. The second-order valence-electron chi connectivity index (χ2n) is 6.41. The highest BCUT2D eigenvalue weighted by atomic mass is 32.2. The molecular formula is C21H16N4OS3. The Labute approximate surface area is 179 Å². The number of nitrogens with one attached hydrogen (secondary N) is 1. The molecule has 5 aromatic rings. The number of hydrogen-bond acceptors (Lipinski definition) is 6. The van der Waals surface area contributed by atoms with E-state index in [9.17, 15) is 4.79 Å². The first-order valence-corrected chi connectivity index (χ1v) is 11.8. The molecule has 2 aromatic carbocycles. The first-order valence-electron chi connectivity index (χ1n) is 8.99. The van der Waals surface area contributed by atoms with Crippen LogP contribution < -0.4 is 5.32 Å². The van der Waals surface area contributed by atoms with Crippen LogP contribution >= 0.6 is 34.4 Å². The van der Waals surface area contributed by atoms with Gasteiger partial charge in [-0.05, 0) is 24.3 Å². The van der Waals surface area contributed by atoms with Gasteiger partial charge in [0.15, 0.2) is 4.96 Å². The molecule has 0 atom stereocenters. The summed E-state index contributed by atoms with van der Waals surface area (Å²) in [6, 6.07) is 15.9. The Kier molecular flexibility index (Phi) is 5.05. The minimum atomic E-state index is -0.00799. The van der Waals surface area contributed by atoms with Crippen molar-refractivity contribution >= 4 is 61.2 Å². The fourth-order valence-electron chi connectivity index (χ4n) is 3.00. The molecule has 0 bridgehead atoms. The van der Waals surface area contributed by atoms with Crippen molar-refractivity contribution in [1.82, 2.24) is 14.4 Å². The van der Waals surface area contributed by atoms with Crippen LogP contribution in [0.25, 0.3) is 26.4 Å². The summed E-state index contributed by atoms with van der Waals surface area (Å²) >= 11 is 4.87. The van der Waals surface area contributed by atoms with Crippen LogP contribution in [0.3, 0.4) is 0 Å². The van der Waals surface area contributed by atoms with E-state index in [0.29, 0.717) is 5.75 Å². The molecule has 5 nitrogen and oxygen atoms in total. The van der Waals surface area contributed by atoms with E-state index in [1.54, 1.807) is 34.4 Å². The molecule has 3 aromatic heterocycles. The minimum Gasteiger partial charge on any atom is -0.325 e. The molecule has 0 aliphatic rings. The van der Waals surface area contributed by atoms with Gasteiger partial charge < -0.3 is 5.32 Å². The quantitative estimate of drug-likeness (QED) is 0.379. The molecule has 0 unspecified atom stereocenters. The predicted octanol–water partition coefficient (Wildman–Crippen LogP) is 5.54. The maximum Gasteiger partial charge on any atom is 0.234 e. The maximum absolute atomic E-state index is 12.2. The van der Waals surface area contributed by atoms with Crippen molar-refractivity contribution in [2.24, 2.45) is 0 Å². The lowest BCUT2D eigenvalue weighted by Crippen LogP contribution is -2.14. The first kappa shape index (κ1) is 18.4. The van der Waals surface area contributed by atoms with E-state index >= 15 is 0 Å². The van der Waals surface area contributed by atoms with Crippen LogP contribution in [0.5, 0.6) is 0 Å². The Balaban J connectivity index is 1.15. The summed E-state index contributed by atoms with van der Waals surface area (Å²) in [5.41, 5.74) is 3.78. The fraction of sp³-hybridized carbons (Fsp3) is 0.0952. The number of para-hydroxylation sites is 1. The second-order valence-corrected chi connectivity index (χ2v) is 9.39. The highest BCUT2D eigenvalue weighted by molar-refractivity contribution is 7.99. The molecule has 0 aliphatic carbocycles. The van der Waals surface area contributed by atoms with E-state index in [1.807, 2.05) is 64.6 Å². The van der Waals surface area contributed by atoms with Gasteiger partial charge >= 0.3 is 0 Å². The average molecular weight is 437 g/mol. The van der Waals surface area contributed by atoms with Crippen LogP contribution in [0, 0.1) is 0 Å². The third-order valence-electron chi connectivity index (χ3n) is 4.35. The molecule has 5 rings (SSSR count). The van der Waals surface area contributed by atoms with Gasteiger partial charge in [0, 0.05) is 34.8 Å². The number of carbonyl (C=O) groups excluding carboxylic acids is 1. The molecule has 0 saturated carbocycles. The van der Waals surface area contributed by atoms with E-state index < -0.39 is 0 Å². The maximum atomic E-state index is 12.2. The number of aromatic nitrogens is 3. The van der Waals surface area contributed by atoms with Crippen molar-refractivity contribution in [1.29, 1.82) is 0 Å². The Morgan fingerprint density at radius 2 is 1.97 bits per heavy atom. The molecule has 1 amide bonds. The van der Waals surface area contributed by atoms with Crippen molar-refractivity contribution in [2.45, 2.75) is 5.75 Å². The predicted molar refractivity (Wildman–Crippen MR) is 123 cm³/mol. The molecule has 8 heteroatoms. The molecule has 0 fully saturated rings. The molecule has 0 spiro atoms. The van der Waals surface area contributed by atoms with Crippen molar-refractivity contribution in [3.63, 3.8) is 0 Å². The molecular weight excluding hydrogens is 420 g/mol. The lowest BCUT2D eigenvalue weighted by atomic mass is 10.1. The smallest absolute Gasteiger partial charge is 0.234 e. The first-order chi connectivity index (χ1) is 14.2. The number of anilines is 1. The van der Waals surface area contributed by atoms with Crippen molar-refractivity contribution in [3.05, 3.63) is 71.3 Å². The van der Waals surface area contributed by atoms with Crippen molar-refractivity contribution in [3.8, 4) is 11.3 Å². The molecule has 144 valence electrons. The summed E-state index contributed by atoms with van der Waals surface area (Å²) in [6.45, 7) is 0. The number of fused-ring (bicyclic) bond motifs is 2. The average Bonchev–Trinajstić information content (AvgIpc) is 3.42. The largest absolute Gasteiger partial charge is 0.325 e. The Bertz CT molecular complexity index is 1220. The highest BCUT2D eigenvalue weighted by Gasteiger charge is 2.08. The lowest BCUT2D eigenvalue weighted by Gasteiger charge is -2.05. The molecule has 0 radical (unpaired) electrons. The normalized spacial score (nSPS) is 11.3. The Morgan fingerprint density at radius 3 is 2.79 bits per heavy atom. The topological polar surface area (TPSA) is 59.3 Å². The molecule has 29 heavy (non-hydrogen) atoms. The standard InChI is InChI=1S/C21H16N4OS3/c26-19(12-27-13-20-23-16-3-1-2-4-18(16)29-20)22-15-7-5-14(6-8-15)17-11-25-9-10-28-21(25)24-17/h1-11H,12-13H2,(H,22,26). The van der Waals surface area contributed by atoms with Crippen LogP contribution in [0.15, 0.2) is 66.3 Å². The number of carbonyl (C=O) groups is 1. The van der Waals surface area contributed by atoms with Gasteiger partial charge in [0.05, 0.1) is 21.7 Å². The van der Waals surface area contributed by atoms with Crippen LogP contribution in [0.4, 0.5) is 5.69 Å². The van der Waals surface area contributed by atoms with Crippen LogP contribution in [-0.2, 0) is 10.5 Å². The van der Waals surface area contributed by atoms with Gasteiger partial charge in [0.1, 0.15) is 5.01 Å². The number of hydrogen-bond donors (Lipinski definition) is 1. The minimum absolute atomic E-state index is 0.00799. The zero-order valence-corrected chi connectivity index (χ0v) is 17.7. The SMILES string of the molecule is O=C(CSCc1nc2ccccc2s1)Nc1ccc(-c2cn3ccsc3n2)cc1. The van der Waals surface area contributed by atoms with Gasteiger partial charge in [-0.15, -0.1) is 34.4 Å². The van der Waals surface area contributed by atoms with Gasteiger partial charge in [-0.1, -0.05) is 24.3 Å². The van der Waals surface area contributed by atoms with Gasteiger partial charge in [-0.3, -0.25) is 9.20 Å². The summed E-state index contributed by atoms with van der Waals surface area (Å²) < 4.78 is 3.20. The van der Waals surface area contributed by atoms with Gasteiger partial charge in [0.2, 0.25) is 5.91 Å². The van der Waals surface area contributed by atoms with Crippen LogP contribution in [0.2, 0.25) is 0 Å². The molecule has 0 saturated heterocycles. The zero-order chi connectivity index (χ0) is 19.6. The van der Waals surface area contributed by atoms with Crippen molar-refractivity contribution < 1.29 is 4.79 Å². The van der Waals surface area contributed by atoms with E-state index in [4.69, 9.17) is 0 Å². The Morgan fingerprint density at radius 1 is 1.10 bits per heavy atom. The van der Waals surface area contributed by atoms with E-state index in [1.165, 1.54) is 4.70 Å². The van der Waals surface area contributed by atoms with Crippen LogP contribution in [0.1, 0.15) is 5.01 Å². The molecule has 3 heterocycles. The number of rotatable bonds is 6. The number of thiazole rings is 2. The second kappa shape index (κ2) is 7.98. The summed E-state index contributed by atoms with van der Waals surface area (Å²) in [7, 11) is 0. The fourth-order valence-corrected chi connectivity index (χ4v) is 5.55. The monoisotopic (exact) mass is 436 g/mol. The molecule has 0 aliphatic heterocycles. The third-order valence-corrected chi connectivity index (χ3v) is 7.29. The van der Waals surface area contributed by atoms with Crippen molar-refractivity contribution in [2.75, 3.05) is 11.1 Å². The van der Waals surface area contributed by atoms with Crippen LogP contribution in [-0.4, -0.2) is 26.0 Å². The molecule has 1 N–H and O–H groups in total. The van der Waals surface area contributed by atoms with Gasteiger partial charge in [-0.25, -0.2) is 9.97 Å². The van der Waals surface area contributed by atoms with Gasteiger partial charge in [-0.2, -0.15) is 0 Å². The summed E-state index contributed by atoms with van der Waals surface area (Å²) in [6.07, 6.45) is 4.01. The summed E-state index contributed by atoms with van der Waals surface area (Å²) in [5, 5.41) is 6.02. The van der Waals surface area contributed by atoms with E-state index in [0.717, 1.165) is 38.2 Å². The number of nitrogens with zero attached hydrogens (tertiary/aromatic N) is 3. The summed E-state index contributed by atoms with van der Waals surface area (Å²) in [5.74, 6) is 1.13. The lowest BCUT2D eigenvalue weighted by molar-refractivity contribution is -0.113. The highest BCUT2D eigenvalue weighted by Crippen LogP contribution is 2.25. The van der Waals surface area contributed by atoms with E-state index in [2.05, 4.69) is 21.4 Å². The number of imidazole rings is 1. The summed E-state index contributed by atoms with van der Waals surface area (Å²) in [4.78, 5) is 22.4. The zero-order valence-electron chi connectivity index (χ0n) is 15.2. The Hall–Kier alpha value is -2.68. The number of amides is 1. The van der Waals surface area contributed by atoms with E-state index in [-0.39, 0.29) is 5.91 Å².